The van der Waals surface area contributed by atoms with Crippen LogP contribution < -0.4 is 5.32 Å². The van der Waals surface area contributed by atoms with Gasteiger partial charge in [-0.05, 0) is 11.1 Å². The molecule has 1 fully saturated rings. The summed E-state index contributed by atoms with van der Waals surface area (Å²) in [5.41, 5.74) is 1.82. The number of hydrogen-bond acceptors (Lipinski definition) is 9. The molecule has 1 N–H and O–H groups in total. The van der Waals surface area contributed by atoms with E-state index < -0.39 is 23.8 Å². The summed E-state index contributed by atoms with van der Waals surface area (Å²) in [7, 11) is 2.56. The standard InChI is InChI=1S/C14H17NO4.C12H12O4/c1-18-13(16)11-7-15-8-12(11)14(17)19-9-10-5-3-2-4-6-10;1-15-11(13)7-8-12(14)16-9-10-5-3-2-4-6-10/h2-6,11-12,15H,7-9H2,1H3;2-8H,9H2,1H3/b;8-7+/t11-,12-;/m0./s1. The van der Waals surface area contributed by atoms with Gasteiger partial charge in [-0.15, -0.1) is 0 Å². The van der Waals surface area contributed by atoms with E-state index in [1.165, 1.54) is 14.2 Å². The van der Waals surface area contributed by atoms with Crippen LogP contribution in [0.5, 0.6) is 0 Å². The summed E-state index contributed by atoms with van der Waals surface area (Å²) >= 11 is 0. The van der Waals surface area contributed by atoms with Crippen molar-refractivity contribution in [2.24, 2.45) is 11.8 Å². The molecule has 0 aromatic heterocycles. The molecule has 35 heavy (non-hydrogen) atoms. The smallest absolute Gasteiger partial charge is 0.331 e. The van der Waals surface area contributed by atoms with Gasteiger partial charge in [0.1, 0.15) is 13.2 Å². The van der Waals surface area contributed by atoms with Crippen molar-refractivity contribution in [2.45, 2.75) is 13.2 Å². The monoisotopic (exact) mass is 483 g/mol. The van der Waals surface area contributed by atoms with Crippen LogP contribution in [0.25, 0.3) is 0 Å². The highest BCUT2D eigenvalue weighted by Gasteiger charge is 2.39. The number of nitrogens with one attached hydrogen (secondary N) is 1. The Labute approximate surface area is 204 Å². The van der Waals surface area contributed by atoms with Crippen LogP contribution in [0.2, 0.25) is 0 Å². The highest BCUT2D eigenvalue weighted by atomic mass is 16.5. The van der Waals surface area contributed by atoms with Gasteiger partial charge in [-0.2, -0.15) is 0 Å². The highest BCUT2D eigenvalue weighted by Crippen LogP contribution is 2.20. The summed E-state index contributed by atoms with van der Waals surface area (Å²) in [5, 5.41) is 3.02. The van der Waals surface area contributed by atoms with Crippen molar-refractivity contribution in [1.29, 1.82) is 0 Å². The lowest BCUT2D eigenvalue weighted by Gasteiger charge is -2.15. The Kier molecular flexibility index (Phi) is 11.7. The number of hydrogen-bond donors (Lipinski definition) is 1. The van der Waals surface area contributed by atoms with Gasteiger partial charge in [-0.25, -0.2) is 9.59 Å². The van der Waals surface area contributed by atoms with Crippen LogP contribution >= 0.6 is 0 Å². The van der Waals surface area contributed by atoms with E-state index in [1.54, 1.807) is 0 Å². The van der Waals surface area contributed by atoms with E-state index in [1.807, 2.05) is 60.7 Å². The molecule has 186 valence electrons. The van der Waals surface area contributed by atoms with Crippen LogP contribution in [0.4, 0.5) is 0 Å². The Bertz CT molecular complexity index is 991. The Morgan fingerprint density at radius 2 is 1.20 bits per heavy atom. The normalized spacial score (nSPS) is 16.5. The van der Waals surface area contributed by atoms with Gasteiger partial charge < -0.3 is 24.3 Å². The minimum absolute atomic E-state index is 0.186. The molecule has 0 unspecified atom stereocenters. The van der Waals surface area contributed by atoms with Crippen molar-refractivity contribution in [2.75, 3.05) is 27.3 Å². The van der Waals surface area contributed by atoms with E-state index in [2.05, 4.69) is 10.1 Å². The SMILES string of the molecule is COC(=O)/C=C/C(=O)OCc1ccccc1.COC(=O)[C@H]1CNC[C@@H]1C(=O)OCc1ccccc1. The molecule has 0 bridgehead atoms. The van der Waals surface area contributed by atoms with Crippen LogP contribution in [-0.2, 0) is 51.3 Å². The second kappa shape index (κ2) is 15.0. The molecule has 2 atom stereocenters. The van der Waals surface area contributed by atoms with Gasteiger partial charge in [0.25, 0.3) is 0 Å². The first kappa shape index (κ1) is 27.3. The number of carbonyl (C=O) groups is 4. The molecule has 9 nitrogen and oxygen atoms in total. The molecule has 2 aromatic carbocycles. The zero-order chi connectivity index (χ0) is 25.5. The van der Waals surface area contributed by atoms with Gasteiger partial charge in [-0.1, -0.05) is 60.7 Å². The summed E-state index contributed by atoms with van der Waals surface area (Å²) in [4.78, 5) is 45.3. The van der Waals surface area contributed by atoms with Crippen molar-refractivity contribution < 1.29 is 38.1 Å². The van der Waals surface area contributed by atoms with E-state index in [9.17, 15) is 19.2 Å². The van der Waals surface area contributed by atoms with Crippen molar-refractivity contribution >= 4 is 23.9 Å². The van der Waals surface area contributed by atoms with Crippen molar-refractivity contribution in [1.82, 2.24) is 5.32 Å². The topological polar surface area (TPSA) is 117 Å². The van der Waals surface area contributed by atoms with Crippen LogP contribution in [0.1, 0.15) is 11.1 Å². The zero-order valence-electron chi connectivity index (χ0n) is 19.7. The first-order chi connectivity index (χ1) is 16.9. The molecule has 0 amide bonds. The predicted octanol–water partition coefficient (Wildman–Crippen LogP) is 2.20. The molecular formula is C26H29NO8. The van der Waals surface area contributed by atoms with Gasteiger partial charge in [0.2, 0.25) is 0 Å². The first-order valence-corrected chi connectivity index (χ1v) is 10.9. The summed E-state index contributed by atoms with van der Waals surface area (Å²) in [6.45, 7) is 1.32. The molecule has 2 aromatic rings. The lowest BCUT2D eigenvalue weighted by molar-refractivity contribution is -0.157. The molecule has 1 saturated heterocycles. The number of benzene rings is 2. The van der Waals surface area contributed by atoms with E-state index >= 15 is 0 Å². The quantitative estimate of drug-likeness (QED) is 0.342. The van der Waals surface area contributed by atoms with Crippen molar-refractivity contribution in [3.63, 3.8) is 0 Å². The lowest BCUT2D eigenvalue weighted by atomic mass is 9.96. The van der Waals surface area contributed by atoms with Crippen LogP contribution in [0, 0.1) is 11.8 Å². The second-order valence-corrected chi connectivity index (χ2v) is 7.44. The Morgan fingerprint density at radius 1 is 0.714 bits per heavy atom. The maximum Gasteiger partial charge on any atom is 0.331 e. The van der Waals surface area contributed by atoms with E-state index in [-0.39, 0.29) is 25.2 Å². The summed E-state index contributed by atoms with van der Waals surface area (Å²) in [6.07, 6.45) is 2.06. The van der Waals surface area contributed by atoms with Crippen molar-refractivity contribution in [3.8, 4) is 0 Å². The average Bonchev–Trinajstić information content (AvgIpc) is 3.40. The van der Waals surface area contributed by atoms with Crippen molar-refractivity contribution in [3.05, 3.63) is 83.9 Å². The third-order valence-electron chi connectivity index (χ3n) is 5.03. The zero-order valence-corrected chi connectivity index (χ0v) is 19.7. The number of rotatable bonds is 8. The Balaban J connectivity index is 0.000000251. The van der Waals surface area contributed by atoms with Gasteiger partial charge in [0.15, 0.2) is 0 Å². The van der Waals surface area contributed by atoms with Gasteiger partial charge >= 0.3 is 23.9 Å². The third kappa shape index (κ3) is 9.81. The van der Waals surface area contributed by atoms with Crippen LogP contribution in [0.3, 0.4) is 0 Å². The average molecular weight is 484 g/mol. The molecular weight excluding hydrogens is 454 g/mol. The summed E-state index contributed by atoms with van der Waals surface area (Å²) in [6, 6.07) is 18.7. The maximum absolute atomic E-state index is 12.0. The fourth-order valence-corrected chi connectivity index (χ4v) is 3.14. The predicted molar refractivity (Wildman–Crippen MR) is 125 cm³/mol. The number of methoxy groups -OCH3 is 2. The lowest BCUT2D eigenvalue weighted by Crippen LogP contribution is -2.30. The molecule has 9 heteroatoms. The molecule has 1 heterocycles. The largest absolute Gasteiger partial charge is 0.469 e. The molecule has 0 saturated carbocycles. The molecule has 1 aliphatic heterocycles. The van der Waals surface area contributed by atoms with E-state index in [0.717, 1.165) is 23.3 Å². The number of ether oxygens (including phenoxy) is 4. The summed E-state index contributed by atoms with van der Waals surface area (Å²) in [5.74, 6) is -2.80. The number of esters is 4. The van der Waals surface area contributed by atoms with Crippen LogP contribution in [0.15, 0.2) is 72.8 Å². The molecule has 0 aliphatic carbocycles. The minimum Gasteiger partial charge on any atom is -0.469 e. The van der Waals surface area contributed by atoms with Gasteiger partial charge in [0.05, 0.1) is 26.1 Å². The Hall–Kier alpha value is -3.98. The first-order valence-electron chi connectivity index (χ1n) is 10.9. The molecule has 3 rings (SSSR count). The Morgan fingerprint density at radius 3 is 1.71 bits per heavy atom. The minimum atomic E-state index is -0.586. The molecule has 1 aliphatic rings. The van der Waals surface area contributed by atoms with Gasteiger partial charge in [0, 0.05) is 25.2 Å². The van der Waals surface area contributed by atoms with Crippen LogP contribution in [-0.4, -0.2) is 51.2 Å². The third-order valence-corrected chi connectivity index (χ3v) is 5.03. The fraction of sp³-hybridized carbons (Fsp3) is 0.308. The fourth-order valence-electron chi connectivity index (χ4n) is 3.14. The molecule has 0 spiro atoms. The number of carbonyl (C=O) groups excluding carboxylic acids is 4. The van der Waals surface area contributed by atoms with E-state index in [0.29, 0.717) is 13.1 Å². The highest BCUT2D eigenvalue weighted by molar-refractivity contribution is 5.91. The second-order valence-electron chi connectivity index (χ2n) is 7.44. The van der Waals surface area contributed by atoms with Gasteiger partial charge in [-0.3, -0.25) is 9.59 Å². The maximum atomic E-state index is 12.0. The molecule has 0 radical (unpaired) electrons. The van der Waals surface area contributed by atoms with E-state index in [4.69, 9.17) is 14.2 Å². The summed E-state index contributed by atoms with van der Waals surface area (Å²) < 4.78 is 19.2.